The fraction of sp³-hybridized carbons (Fsp3) is 0.579. The van der Waals surface area contributed by atoms with E-state index in [1.807, 2.05) is 24.2 Å². The third-order valence-corrected chi connectivity index (χ3v) is 6.45. The molecule has 0 N–H and O–H groups in total. The first-order valence-corrected chi connectivity index (χ1v) is 10.6. The van der Waals surface area contributed by atoms with Crippen LogP contribution in [-0.2, 0) is 25.3 Å². The second-order valence-corrected chi connectivity index (χ2v) is 8.83. The zero-order chi connectivity index (χ0) is 17.5. The standard InChI is InChI=1S/C19H23N5OS/c25-18-5-16-12-26-4-3-17(16)22-24(18)11-14-9-23(10-14)8-13-6-20-19(21-7-13)15-1-2-15/h5-7,14-15H,1-4,8-12H2. The van der Waals surface area contributed by atoms with Crippen LogP contribution in [0, 0.1) is 5.92 Å². The Balaban J connectivity index is 1.16. The molecule has 5 rings (SSSR count). The van der Waals surface area contributed by atoms with Crippen molar-refractivity contribution >= 4 is 11.8 Å². The van der Waals surface area contributed by atoms with Crippen LogP contribution in [0.25, 0.3) is 0 Å². The average molecular weight is 369 g/mol. The molecule has 0 amide bonds. The molecule has 7 heteroatoms. The van der Waals surface area contributed by atoms with Crippen molar-refractivity contribution in [1.29, 1.82) is 0 Å². The Morgan fingerprint density at radius 1 is 1.19 bits per heavy atom. The summed E-state index contributed by atoms with van der Waals surface area (Å²) in [5, 5.41) is 4.63. The Morgan fingerprint density at radius 2 is 2.00 bits per heavy atom. The predicted molar refractivity (Wildman–Crippen MR) is 101 cm³/mol. The normalized spacial score (nSPS) is 20.6. The van der Waals surface area contributed by atoms with E-state index < -0.39 is 0 Å². The molecule has 1 saturated carbocycles. The van der Waals surface area contributed by atoms with Crippen molar-refractivity contribution in [2.45, 2.75) is 44.0 Å². The Labute approximate surface area is 157 Å². The van der Waals surface area contributed by atoms with Crippen LogP contribution in [0.3, 0.4) is 0 Å². The van der Waals surface area contributed by atoms with Gasteiger partial charge in [-0.2, -0.15) is 16.9 Å². The number of hydrogen-bond acceptors (Lipinski definition) is 6. The lowest BCUT2D eigenvalue weighted by atomic mass is 9.99. The van der Waals surface area contributed by atoms with E-state index in [-0.39, 0.29) is 5.56 Å². The molecule has 0 unspecified atom stereocenters. The predicted octanol–water partition coefficient (Wildman–Crippen LogP) is 1.83. The average Bonchev–Trinajstić information content (AvgIpc) is 3.46. The quantitative estimate of drug-likeness (QED) is 0.801. The van der Waals surface area contributed by atoms with Crippen molar-refractivity contribution in [3.63, 3.8) is 0 Å². The lowest BCUT2D eigenvalue weighted by molar-refractivity contribution is 0.0762. The summed E-state index contributed by atoms with van der Waals surface area (Å²) in [4.78, 5) is 23.7. The summed E-state index contributed by atoms with van der Waals surface area (Å²) in [5.41, 5.74) is 3.47. The summed E-state index contributed by atoms with van der Waals surface area (Å²) in [7, 11) is 0. The molecule has 136 valence electrons. The van der Waals surface area contributed by atoms with E-state index in [0.717, 1.165) is 61.2 Å². The summed E-state index contributed by atoms with van der Waals surface area (Å²) >= 11 is 1.88. The number of nitrogens with zero attached hydrogens (tertiary/aromatic N) is 5. The molecule has 3 aliphatic rings. The highest BCUT2D eigenvalue weighted by Gasteiger charge is 2.29. The maximum atomic E-state index is 12.3. The third-order valence-electron chi connectivity index (χ3n) is 5.44. The molecule has 0 aromatic carbocycles. The summed E-state index contributed by atoms with van der Waals surface area (Å²) in [6.45, 7) is 3.63. The van der Waals surface area contributed by atoms with E-state index in [9.17, 15) is 4.79 Å². The number of aryl methyl sites for hydroxylation is 1. The largest absolute Gasteiger partial charge is 0.298 e. The molecule has 2 aromatic rings. The molecule has 0 atom stereocenters. The number of rotatable bonds is 5. The maximum Gasteiger partial charge on any atom is 0.267 e. The second kappa shape index (κ2) is 6.78. The highest BCUT2D eigenvalue weighted by Crippen LogP contribution is 2.37. The zero-order valence-electron chi connectivity index (χ0n) is 14.8. The van der Waals surface area contributed by atoms with Crippen molar-refractivity contribution in [2.75, 3.05) is 18.8 Å². The van der Waals surface area contributed by atoms with Gasteiger partial charge in [-0.25, -0.2) is 14.6 Å². The van der Waals surface area contributed by atoms with Gasteiger partial charge in [-0.1, -0.05) is 0 Å². The third kappa shape index (κ3) is 3.42. The summed E-state index contributed by atoms with van der Waals surface area (Å²) in [6.07, 6.45) is 7.40. The summed E-state index contributed by atoms with van der Waals surface area (Å²) < 4.78 is 1.68. The number of likely N-dealkylation sites (tertiary alicyclic amines) is 1. The van der Waals surface area contributed by atoms with Crippen LogP contribution < -0.4 is 5.56 Å². The second-order valence-electron chi connectivity index (χ2n) is 7.72. The fourth-order valence-electron chi connectivity index (χ4n) is 3.81. The van der Waals surface area contributed by atoms with Gasteiger partial charge in [0, 0.05) is 67.7 Å². The molecule has 0 radical (unpaired) electrons. The maximum absolute atomic E-state index is 12.3. The van der Waals surface area contributed by atoms with Crippen LogP contribution >= 0.6 is 11.8 Å². The molecular weight excluding hydrogens is 346 g/mol. The van der Waals surface area contributed by atoms with Crippen LogP contribution in [-0.4, -0.2) is 43.5 Å². The monoisotopic (exact) mass is 369 g/mol. The molecule has 4 heterocycles. The van der Waals surface area contributed by atoms with Gasteiger partial charge in [0.25, 0.3) is 5.56 Å². The molecule has 2 fully saturated rings. The highest BCUT2D eigenvalue weighted by atomic mass is 32.2. The first-order valence-electron chi connectivity index (χ1n) is 9.45. The van der Waals surface area contributed by atoms with Crippen LogP contribution in [0.2, 0.25) is 0 Å². The zero-order valence-corrected chi connectivity index (χ0v) is 15.6. The minimum absolute atomic E-state index is 0.0498. The molecule has 2 aliphatic heterocycles. The van der Waals surface area contributed by atoms with Gasteiger partial charge in [0.15, 0.2) is 0 Å². The van der Waals surface area contributed by atoms with Crippen molar-refractivity contribution in [1.82, 2.24) is 24.6 Å². The van der Waals surface area contributed by atoms with Gasteiger partial charge in [-0.15, -0.1) is 0 Å². The minimum atomic E-state index is 0.0498. The number of thioether (sulfide) groups is 1. The van der Waals surface area contributed by atoms with Crippen LogP contribution in [0.15, 0.2) is 23.3 Å². The van der Waals surface area contributed by atoms with E-state index in [1.54, 1.807) is 10.7 Å². The molecule has 2 aromatic heterocycles. The van der Waals surface area contributed by atoms with Gasteiger partial charge in [0.2, 0.25) is 0 Å². The molecule has 26 heavy (non-hydrogen) atoms. The Bertz CT molecular complexity index is 855. The van der Waals surface area contributed by atoms with Gasteiger partial charge in [-0.3, -0.25) is 9.69 Å². The molecule has 0 bridgehead atoms. The Hall–Kier alpha value is -1.73. The van der Waals surface area contributed by atoms with Crippen LogP contribution in [0.5, 0.6) is 0 Å². The summed E-state index contributed by atoms with van der Waals surface area (Å²) in [6, 6.07) is 1.80. The smallest absolute Gasteiger partial charge is 0.267 e. The summed E-state index contributed by atoms with van der Waals surface area (Å²) in [5.74, 6) is 4.15. The fourth-order valence-corrected chi connectivity index (χ4v) is 4.76. The first-order chi connectivity index (χ1) is 12.7. The van der Waals surface area contributed by atoms with E-state index in [1.165, 1.54) is 18.4 Å². The topological polar surface area (TPSA) is 63.9 Å². The van der Waals surface area contributed by atoms with E-state index in [0.29, 0.717) is 11.8 Å². The Morgan fingerprint density at radius 3 is 2.77 bits per heavy atom. The van der Waals surface area contributed by atoms with Crippen LogP contribution in [0.4, 0.5) is 0 Å². The highest BCUT2D eigenvalue weighted by molar-refractivity contribution is 7.98. The molecule has 1 aliphatic carbocycles. The van der Waals surface area contributed by atoms with Crippen molar-refractivity contribution in [2.24, 2.45) is 5.92 Å². The Kier molecular flexibility index (Phi) is 4.29. The molecule has 0 spiro atoms. The lowest BCUT2D eigenvalue weighted by Gasteiger charge is -2.39. The number of aromatic nitrogens is 4. The molecule has 6 nitrogen and oxygen atoms in total. The number of hydrogen-bond donors (Lipinski definition) is 0. The van der Waals surface area contributed by atoms with Crippen molar-refractivity contribution in [3.8, 4) is 0 Å². The van der Waals surface area contributed by atoms with E-state index >= 15 is 0 Å². The van der Waals surface area contributed by atoms with Crippen molar-refractivity contribution in [3.05, 3.63) is 51.5 Å². The van der Waals surface area contributed by atoms with Gasteiger partial charge in [0.1, 0.15) is 5.82 Å². The SMILES string of the molecule is O=c1cc2c(nn1CC1CN(Cc3cnc(C4CC4)nc3)C1)CCSC2. The van der Waals surface area contributed by atoms with Gasteiger partial charge in [0.05, 0.1) is 12.2 Å². The van der Waals surface area contributed by atoms with Gasteiger partial charge in [-0.05, 0) is 24.2 Å². The van der Waals surface area contributed by atoms with E-state index in [4.69, 9.17) is 0 Å². The van der Waals surface area contributed by atoms with Crippen molar-refractivity contribution < 1.29 is 0 Å². The number of fused-ring (bicyclic) bond motifs is 1. The first kappa shape index (κ1) is 16.4. The minimum Gasteiger partial charge on any atom is -0.298 e. The lowest BCUT2D eigenvalue weighted by Crippen LogP contribution is -2.49. The van der Waals surface area contributed by atoms with E-state index in [2.05, 4.69) is 20.0 Å². The molecule has 1 saturated heterocycles. The van der Waals surface area contributed by atoms with Gasteiger partial charge >= 0.3 is 0 Å². The van der Waals surface area contributed by atoms with Gasteiger partial charge < -0.3 is 0 Å². The van der Waals surface area contributed by atoms with Crippen LogP contribution in [0.1, 0.15) is 41.4 Å². The molecular formula is C19H23N5OS.